The standard InChI is InChI=1S/C21H31N3O/c1-22-11-5-8-18(15-22)21(25)24-13-12-23(19-9-10-19)16-20(24)14-17-6-3-2-4-7-17/h2-4,6-7,18-20H,5,8-16H2,1H3/t18-,20+/m1/s1. The van der Waals surface area contributed by atoms with Crippen molar-refractivity contribution in [2.45, 2.75) is 44.2 Å². The van der Waals surface area contributed by atoms with Crippen molar-refractivity contribution in [2.75, 3.05) is 39.8 Å². The SMILES string of the molecule is CN1CCC[C@@H](C(=O)N2CCN(C3CC3)C[C@@H]2Cc2ccccc2)C1. The van der Waals surface area contributed by atoms with Crippen LogP contribution in [0.15, 0.2) is 30.3 Å². The number of likely N-dealkylation sites (tertiary alicyclic amines) is 1. The van der Waals surface area contributed by atoms with Crippen molar-refractivity contribution >= 4 is 5.91 Å². The number of nitrogens with zero attached hydrogens (tertiary/aromatic N) is 3. The van der Waals surface area contributed by atoms with Crippen molar-refractivity contribution < 1.29 is 4.79 Å². The fourth-order valence-electron chi connectivity index (χ4n) is 4.60. The summed E-state index contributed by atoms with van der Waals surface area (Å²) in [4.78, 5) is 20.5. The zero-order valence-electron chi connectivity index (χ0n) is 15.4. The summed E-state index contributed by atoms with van der Waals surface area (Å²) in [6, 6.07) is 11.8. The molecule has 2 aliphatic heterocycles. The zero-order chi connectivity index (χ0) is 17.2. The molecule has 1 amide bonds. The van der Waals surface area contributed by atoms with Crippen molar-refractivity contribution in [2.24, 2.45) is 5.92 Å². The van der Waals surface area contributed by atoms with Gasteiger partial charge in [0.25, 0.3) is 0 Å². The molecule has 0 bridgehead atoms. The lowest BCUT2D eigenvalue weighted by molar-refractivity contribution is -0.142. The molecule has 3 aliphatic rings. The van der Waals surface area contributed by atoms with Crippen LogP contribution in [0.4, 0.5) is 0 Å². The van der Waals surface area contributed by atoms with E-state index in [4.69, 9.17) is 0 Å². The van der Waals surface area contributed by atoms with Gasteiger partial charge in [0.1, 0.15) is 0 Å². The molecule has 136 valence electrons. The highest BCUT2D eigenvalue weighted by atomic mass is 16.2. The molecule has 1 aromatic carbocycles. The van der Waals surface area contributed by atoms with Gasteiger partial charge in [0.2, 0.25) is 5.91 Å². The first kappa shape index (κ1) is 17.0. The van der Waals surface area contributed by atoms with Gasteiger partial charge in [0.05, 0.1) is 5.92 Å². The number of hydrogen-bond donors (Lipinski definition) is 0. The van der Waals surface area contributed by atoms with Gasteiger partial charge in [0.15, 0.2) is 0 Å². The Morgan fingerprint density at radius 3 is 2.56 bits per heavy atom. The van der Waals surface area contributed by atoms with Gasteiger partial charge < -0.3 is 9.80 Å². The van der Waals surface area contributed by atoms with Gasteiger partial charge in [-0.3, -0.25) is 9.69 Å². The molecule has 1 aromatic rings. The van der Waals surface area contributed by atoms with Crippen molar-refractivity contribution in [3.63, 3.8) is 0 Å². The fourth-order valence-corrected chi connectivity index (χ4v) is 4.60. The van der Waals surface area contributed by atoms with Gasteiger partial charge in [0, 0.05) is 38.3 Å². The summed E-state index contributed by atoms with van der Waals surface area (Å²) in [5.41, 5.74) is 1.35. The van der Waals surface area contributed by atoms with Gasteiger partial charge in [-0.25, -0.2) is 0 Å². The molecule has 0 N–H and O–H groups in total. The molecular formula is C21H31N3O. The van der Waals surface area contributed by atoms with Crippen LogP contribution in [0, 0.1) is 5.92 Å². The van der Waals surface area contributed by atoms with E-state index in [1.807, 2.05) is 0 Å². The summed E-state index contributed by atoms with van der Waals surface area (Å²) >= 11 is 0. The van der Waals surface area contributed by atoms with E-state index in [0.717, 1.165) is 58.0 Å². The zero-order valence-corrected chi connectivity index (χ0v) is 15.4. The fraction of sp³-hybridized carbons (Fsp3) is 0.667. The summed E-state index contributed by atoms with van der Waals surface area (Å²) in [6.45, 7) is 5.08. The highest BCUT2D eigenvalue weighted by molar-refractivity contribution is 5.79. The number of benzene rings is 1. The summed E-state index contributed by atoms with van der Waals surface area (Å²) < 4.78 is 0. The second kappa shape index (κ2) is 7.46. The summed E-state index contributed by atoms with van der Waals surface area (Å²) in [6.07, 6.45) is 5.89. The maximum Gasteiger partial charge on any atom is 0.227 e. The van der Waals surface area contributed by atoms with E-state index in [1.54, 1.807) is 0 Å². The van der Waals surface area contributed by atoms with E-state index in [-0.39, 0.29) is 5.92 Å². The molecule has 25 heavy (non-hydrogen) atoms. The molecule has 0 radical (unpaired) electrons. The number of carbonyl (C=O) groups excluding carboxylic acids is 1. The summed E-state index contributed by atoms with van der Waals surface area (Å²) in [5.74, 6) is 0.604. The molecule has 2 saturated heterocycles. The van der Waals surface area contributed by atoms with Crippen LogP contribution in [0.25, 0.3) is 0 Å². The molecule has 3 fully saturated rings. The number of rotatable bonds is 4. The highest BCUT2D eigenvalue weighted by Crippen LogP contribution is 2.30. The van der Waals surface area contributed by atoms with E-state index in [0.29, 0.717) is 11.9 Å². The van der Waals surface area contributed by atoms with Crippen LogP contribution in [0.1, 0.15) is 31.2 Å². The number of carbonyl (C=O) groups is 1. The Bertz CT molecular complexity index is 586. The van der Waals surface area contributed by atoms with Crippen LogP contribution < -0.4 is 0 Å². The Balaban J connectivity index is 1.48. The number of piperidine rings is 1. The largest absolute Gasteiger partial charge is 0.337 e. The van der Waals surface area contributed by atoms with E-state index >= 15 is 0 Å². The third-order valence-electron chi connectivity index (χ3n) is 6.15. The van der Waals surface area contributed by atoms with E-state index in [9.17, 15) is 4.79 Å². The topological polar surface area (TPSA) is 26.8 Å². The third-order valence-corrected chi connectivity index (χ3v) is 6.15. The molecule has 4 nitrogen and oxygen atoms in total. The molecule has 0 aromatic heterocycles. The summed E-state index contributed by atoms with van der Waals surface area (Å²) in [7, 11) is 2.14. The van der Waals surface area contributed by atoms with Crippen LogP contribution in [0.2, 0.25) is 0 Å². The van der Waals surface area contributed by atoms with Crippen molar-refractivity contribution in [3.8, 4) is 0 Å². The molecule has 0 unspecified atom stereocenters. The number of piperazine rings is 1. The predicted molar refractivity (Wildman–Crippen MR) is 100 cm³/mol. The lowest BCUT2D eigenvalue weighted by Crippen LogP contribution is -2.58. The monoisotopic (exact) mass is 341 g/mol. The number of amides is 1. The minimum atomic E-state index is 0.199. The minimum Gasteiger partial charge on any atom is -0.337 e. The highest BCUT2D eigenvalue weighted by Gasteiger charge is 2.39. The Labute approximate surface area is 151 Å². The molecule has 1 saturated carbocycles. The molecule has 2 atom stereocenters. The maximum atomic E-state index is 13.3. The quantitative estimate of drug-likeness (QED) is 0.840. The predicted octanol–water partition coefficient (Wildman–Crippen LogP) is 2.25. The minimum absolute atomic E-state index is 0.199. The molecular weight excluding hydrogens is 310 g/mol. The average Bonchev–Trinajstić information content (AvgIpc) is 3.47. The lowest BCUT2D eigenvalue weighted by atomic mass is 9.94. The van der Waals surface area contributed by atoms with Crippen LogP contribution in [-0.2, 0) is 11.2 Å². The van der Waals surface area contributed by atoms with Gasteiger partial charge >= 0.3 is 0 Å². The molecule has 4 heteroatoms. The van der Waals surface area contributed by atoms with Gasteiger partial charge in [-0.1, -0.05) is 30.3 Å². The normalized spacial score (nSPS) is 28.9. The first-order valence-corrected chi connectivity index (χ1v) is 9.97. The van der Waals surface area contributed by atoms with Crippen molar-refractivity contribution in [3.05, 3.63) is 35.9 Å². The third kappa shape index (κ3) is 4.06. The van der Waals surface area contributed by atoms with Gasteiger partial charge in [-0.2, -0.15) is 0 Å². The van der Waals surface area contributed by atoms with E-state index in [2.05, 4.69) is 52.1 Å². The van der Waals surface area contributed by atoms with E-state index < -0.39 is 0 Å². The first-order valence-electron chi connectivity index (χ1n) is 9.97. The van der Waals surface area contributed by atoms with Crippen LogP contribution in [0.5, 0.6) is 0 Å². The van der Waals surface area contributed by atoms with Crippen LogP contribution >= 0.6 is 0 Å². The maximum absolute atomic E-state index is 13.3. The Kier molecular flexibility index (Phi) is 5.09. The van der Waals surface area contributed by atoms with Gasteiger partial charge in [-0.05, 0) is 51.3 Å². The van der Waals surface area contributed by atoms with Crippen molar-refractivity contribution in [1.82, 2.24) is 14.7 Å². The summed E-state index contributed by atoms with van der Waals surface area (Å²) in [5, 5.41) is 0. The number of hydrogen-bond acceptors (Lipinski definition) is 3. The molecule has 0 spiro atoms. The average molecular weight is 341 g/mol. The van der Waals surface area contributed by atoms with Gasteiger partial charge in [-0.15, -0.1) is 0 Å². The Morgan fingerprint density at radius 1 is 1.04 bits per heavy atom. The van der Waals surface area contributed by atoms with Crippen LogP contribution in [-0.4, -0.2) is 72.5 Å². The van der Waals surface area contributed by atoms with Crippen molar-refractivity contribution in [1.29, 1.82) is 0 Å². The Hall–Kier alpha value is -1.39. The first-order chi connectivity index (χ1) is 12.2. The Morgan fingerprint density at radius 2 is 1.84 bits per heavy atom. The second-order valence-electron chi connectivity index (χ2n) is 8.20. The lowest BCUT2D eigenvalue weighted by Gasteiger charge is -2.44. The van der Waals surface area contributed by atoms with E-state index in [1.165, 1.54) is 18.4 Å². The van der Waals surface area contributed by atoms with Crippen LogP contribution in [0.3, 0.4) is 0 Å². The smallest absolute Gasteiger partial charge is 0.227 e. The molecule has 2 heterocycles. The molecule has 1 aliphatic carbocycles. The second-order valence-corrected chi connectivity index (χ2v) is 8.20. The molecule has 4 rings (SSSR count).